The first kappa shape index (κ1) is 14.2. The van der Waals surface area contributed by atoms with E-state index in [1.807, 2.05) is 0 Å². The molecule has 1 aliphatic rings. The van der Waals surface area contributed by atoms with Gasteiger partial charge >= 0.3 is 0 Å². The number of ether oxygens (including phenoxy) is 1. The third-order valence-electron chi connectivity index (χ3n) is 3.53. The van der Waals surface area contributed by atoms with Crippen molar-refractivity contribution in [3.8, 4) is 5.75 Å². The molecule has 0 saturated carbocycles. The van der Waals surface area contributed by atoms with Crippen molar-refractivity contribution < 1.29 is 9.66 Å². The molecule has 2 aromatic carbocycles. The summed E-state index contributed by atoms with van der Waals surface area (Å²) in [4.78, 5) is 10.5. The number of aryl methyl sites for hydroxylation is 1. The van der Waals surface area contributed by atoms with E-state index in [1.165, 1.54) is 6.07 Å². The van der Waals surface area contributed by atoms with Crippen molar-refractivity contribution in [2.75, 3.05) is 0 Å². The lowest BCUT2D eigenvalue weighted by molar-refractivity contribution is -0.385. The Balaban J connectivity index is 1.90. The molecule has 0 saturated heterocycles. The highest BCUT2D eigenvalue weighted by Gasteiger charge is 2.26. The lowest BCUT2D eigenvalue weighted by Crippen LogP contribution is -2.04. The van der Waals surface area contributed by atoms with Crippen LogP contribution in [0.5, 0.6) is 5.75 Å². The second kappa shape index (κ2) is 5.54. The van der Waals surface area contributed by atoms with Gasteiger partial charge in [0.1, 0.15) is 11.9 Å². The average molecular weight is 324 g/mol. The Labute approximate surface area is 131 Å². The minimum atomic E-state index is -0.398. The fraction of sp³-hybridized carbons (Fsp3) is 0.200. The van der Waals surface area contributed by atoms with Crippen LogP contribution in [0.4, 0.5) is 5.69 Å². The Morgan fingerprint density at radius 1 is 1.19 bits per heavy atom. The van der Waals surface area contributed by atoms with Gasteiger partial charge in [-0.3, -0.25) is 10.1 Å². The lowest BCUT2D eigenvalue weighted by atomic mass is 10.1. The number of nitro groups is 1. The summed E-state index contributed by atoms with van der Waals surface area (Å²) in [5.74, 6) is 0.533. The Hall–Kier alpha value is -1.78. The van der Waals surface area contributed by atoms with Gasteiger partial charge in [0.2, 0.25) is 0 Å². The van der Waals surface area contributed by atoms with E-state index in [0.717, 1.165) is 24.0 Å². The lowest BCUT2D eigenvalue weighted by Gasteiger charge is -2.16. The smallest absolute Gasteiger partial charge is 0.269 e. The largest absolute Gasteiger partial charge is 0.484 e. The standard InChI is InChI=1S/C15H11Cl2NO3/c16-10-3-6-15(13(17)7-10)21-14-5-2-9-1-4-11(18(19)20)8-12(9)14/h1,3-4,6-8,14H,2,5H2. The van der Waals surface area contributed by atoms with Crippen molar-refractivity contribution in [1.29, 1.82) is 0 Å². The number of halogens is 2. The fourth-order valence-corrected chi connectivity index (χ4v) is 2.96. The molecular formula is C15H11Cl2NO3. The zero-order chi connectivity index (χ0) is 15.0. The van der Waals surface area contributed by atoms with E-state index in [1.54, 1.807) is 30.3 Å². The van der Waals surface area contributed by atoms with E-state index in [-0.39, 0.29) is 11.8 Å². The number of rotatable bonds is 3. The molecule has 0 N–H and O–H groups in total. The minimum Gasteiger partial charge on any atom is -0.484 e. The molecule has 0 spiro atoms. The van der Waals surface area contributed by atoms with Crippen molar-refractivity contribution >= 4 is 28.9 Å². The topological polar surface area (TPSA) is 52.4 Å². The maximum absolute atomic E-state index is 10.9. The number of hydrogen-bond acceptors (Lipinski definition) is 3. The molecule has 0 bridgehead atoms. The molecule has 1 atom stereocenters. The summed E-state index contributed by atoms with van der Waals surface area (Å²) < 4.78 is 5.91. The van der Waals surface area contributed by atoms with E-state index >= 15 is 0 Å². The number of benzene rings is 2. The third-order valence-corrected chi connectivity index (χ3v) is 4.06. The van der Waals surface area contributed by atoms with E-state index < -0.39 is 4.92 Å². The number of hydrogen-bond donors (Lipinski definition) is 0. The SMILES string of the molecule is O=[N+]([O-])c1ccc2c(c1)C(Oc1ccc(Cl)cc1Cl)CC2. The monoisotopic (exact) mass is 323 g/mol. The number of non-ortho nitro benzene ring substituents is 1. The predicted molar refractivity (Wildman–Crippen MR) is 81.2 cm³/mol. The van der Waals surface area contributed by atoms with E-state index in [9.17, 15) is 10.1 Å². The van der Waals surface area contributed by atoms with Gasteiger partial charge in [-0.1, -0.05) is 29.3 Å². The number of nitro benzene ring substituents is 1. The van der Waals surface area contributed by atoms with Crippen molar-refractivity contribution in [1.82, 2.24) is 0 Å². The summed E-state index contributed by atoms with van der Waals surface area (Å²) >= 11 is 12.0. The zero-order valence-corrected chi connectivity index (χ0v) is 12.4. The molecule has 0 radical (unpaired) electrons. The zero-order valence-electron chi connectivity index (χ0n) is 10.9. The van der Waals surface area contributed by atoms with E-state index in [4.69, 9.17) is 27.9 Å². The Kier molecular flexibility index (Phi) is 3.74. The maximum Gasteiger partial charge on any atom is 0.269 e. The van der Waals surface area contributed by atoms with Crippen LogP contribution in [-0.2, 0) is 6.42 Å². The van der Waals surface area contributed by atoms with E-state index in [0.29, 0.717) is 15.8 Å². The average Bonchev–Trinajstić information content (AvgIpc) is 2.84. The summed E-state index contributed by atoms with van der Waals surface area (Å²) in [5.41, 5.74) is 2.01. The highest BCUT2D eigenvalue weighted by Crippen LogP contribution is 2.39. The van der Waals surface area contributed by atoms with Crippen molar-refractivity contribution in [3.63, 3.8) is 0 Å². The highest BCUT2D eigenvalue weighted by atomic mass is 35.5. The third kappa shape index (κ3) is 2.82. The van der Waals surface area contributed by atoms with Gasteiger partial charge in [0.15, 0.2) is 0 Å². The first-order valence-electron chi connectivity index (χ1n) is 6.43. The van der Waals surface area contributed by atoms with Gasteiger partial charge in [0.05, 0.1) is 9.95 Å². The first-order valence-corrected chi connectivity index (χ1v) is 7.19. The van der Waals surface area contributed by atoms with Gasteiger partial charge in [-0.15, -0.1) is 0 Å². The Bertz CT molecular complexity index is 718. The Morgan fingerprint density at radius 3 is 2.71 bits per heavy atom. The van der Waals surface area contributed by atoms with Gasteiger partial charge in [0, 0.05) is 22.7 Å². The van der Waals surface area contributed by atoms with Gasteiger partial charge in [-0.05, 0) is 36.6 Å². The van der Waals surface area contributed by atoms with Crippen LogP contribution >= 0.6 is 23.2 Å². The van der Waals surface area contributed by atoms with Crippen molar-refractivity contribution in [2.45, 2.75) is 18.9 Å². The molecule has 0 fully saturated rings. The van der Waals surface area contributed by atoms with Gasteiger partial charge in [-0.25, -0.2) is 0 Å². The molecule has 0 heterocycles. The molecule has 21 heavy (non-hydrogen) atoms. The second-order valence-electron chi connectivity index (χ2n) is 4.86. The van der Waals surface area contributed by atoms with Crippen LogP contribution < -0.4 is 4.74 Å². The fourth-order valence-electron chi connectivity index (χ4n) is 2.51. The van der Waals surface area contributed by atoms with Crippen LogP contribution in [0.3, 0.4) is 0 Å². The minimum absolute atomic E-state index is 0.0754. The summed E-state index contributed by atoms with van der Waals surface area (Å²) in [6, 6.07) is 9.92. The summed E-state index contributed by atoms with van der Waals surface area (Å²) in [6.07, 6.45) is 1.39. The van der Waals surface area contributed by atoms with E-state index in [2.05, 4.69) is 0 Å². The quantitative estimate of drug-likeness (QED) is 0.592. The van der Waals surface area contributed by atoms with Crippen molar-refractivity contribution in [2.24, 2.45) is 0 Å². The predicted octanol–water partition coefficient (Wildman–Crippen LogP) is 4.97. The van der Waals surface area contributed by atoms with Crippen molar-refractivity contribution in [3.05, 3.63) is 67.7 Å². The van der Waals surface area contributed by atoms with Crippen LogP contribution in [0, 0.1) is 10.1 Å². The molecule has 1 aliphatic carbocycles. The molecule has 4 nitrogen and oxygen atoms in total. The van der Waals surface area contributed by atoms with Crippen LogP contribution in [0.2, 0.25) is 10.0 Å². The van der Waals surface area contributed by atoms with Crippen LogP contribution in [-0.4, -0.2) is 4.92 Å². The normalized spacial score (nSPS) is 16.6. The molecule has 0 aromatic heterocycles. The first-order chi connectivity index (χ1) is 10.0. The molecule has 0 amide bonds. The molecule has 6 heteroatoms. The molecule has 108 valence electrons. The summed E-state index contributed by atoms with van der Waals surface area (Å²) in [6.45, 7) is 0. The summed E-state index contributed by atoms with van der Waals surface area (Å²) in [5, 5.41) is 11.9. The van der Waals surface area contributed by atoms with Crippen LogP contribution in [0.1, 0.15) is 23.7 Å². The van der Waals surface area contributed by atoms with Crippen LogP contribution in [0.25, 0.3) is 0 Å². The maximum atomic E-state index is 10.9. The highest BCUT2D eigenvalue weighted by molar-refractivity contribution is 6.35. The summed E-state index contributed by atoms with van der Waals surface area (Å²) in [7, 11) is 0. The Morgan fingerprint density at radius 2 is 2.00 bits per heavy atom. The number of fused-ring (bicyclic) bond motifs is 1. The second-order valence-corrected chi connectivity index (χ2v) is 5.70. The van der Waals surface area contributed by atoms with Gasteiger partial charge in [-0.2, -0.15) is 0 Å². The molecule has 1 unspecified atom stereocenters. The molecular weight excluding hydrogens is 313 g/mol. The van der Waals surface area contributed by atoms with Gasteiger partial charge < -0.3 is 4.74 Å². The number of nitrogens with zero attached hydrogens (tertiary/aromatic N) is 1. The molecule has 0 aliphatic heterocycles. The van der Waals surface area contributed by atoms with Crippen LogP contribution in [0.15, 0.2) is 36.4 Å². The molecule has 2 aromatic rings. The molecule has 3 rings (SSSR count). The van der Waals surface area contributed by atoms with Gasteiger partial charge in [0.25, 0.3) is 5.69 Å².